The fraction of sp³-hybridized carbons (Fsp3) is 0.143. The van der Waals surface area contributed by atoms with E-state index in [4.69, 9.17) is 0 Å². The normalized spacial score (nSPS) is 10.6. The number of hydrogen-bond acceptors (Lipinski definition) is 4. The Morgan fingerprint density at radius 1 is 1.07 bits per heavy atom. The highest BCUT2D eigenvalue weighted by Gasteiger charge is 2.19. The van der Waals surface area contributed by atoms with Crippen LogP contribution >= 0.6 is 0 Å². The SMILES string of the molecule is Cc1cc(NC(=O)CC(c2ccccc2)c2ccccc2)ncc1[N+](=O)[O-]. The number of amides is 1. The topological polar surface area (TPSA) is 85.1 Å². The van der Waals surface area contributed by atoms with Gasteiger partial charge in [-0.05, 0) is 24.1 Å². The average Bonchev–Trinajstić information content (AvgIpc) is 2.67. The van der Waals surface area contributed by atoms with Crippen molar-refractivity contribution in [2.24, 2.45) is 0 Å². The monoisotopic (exact) mass is 361 g/mol. The molecule has 0 aliphatic carbocycles. The summed E-state index contributed by atoms with van der Waals surface area (Å²) in [6.07, 6.45) is 1.41. The molecule has 6 heteroatoms. The van der Waals surface area contributed by atoms with E-state index in [0.29, 0.717) is 11.4 Å². The maximum absolute atomic E-state index is 12.6. The van der Waals surface area contributed by atoms with E-state index < -0.39 is 4.92 Å². The van der Waals surface area contributed by atoms with Gasteiger partial charge in [0.25, 0.3) is 5.69 Å². The third-order valence-corrected chi connectivity index (χ3v) is 4.34. The van der Waals surface area contributed by atoms with Crippen molar-refractivity contribution in [3.63, 3.8) is 0 Å². The lowest BCUT2D eigenvalue weighted by atomic mass is 9.88. The summed E-state index contributed by atoms with van der Waals surface area (Å²) in [5.41, 5.74) is 2.48. The molecule has 0 fully saturated rings. The first-order chi connectivity index (χ1) is 13.0. The summed E-state index contributed by atoms with van der Waals surface area (Å²) in [7, 11) is 0. The standard InChI is InChI=1S/C21H19N3O3/c1-15-12-20(22-14-19(15)24(26)27)23-21(25)13-18(16-8-4-2-5-9-16)17-10-6-3-7-11-17/h2-12,14,18H,13H2,1H3,(H,22,23,25). The Hall–Kier alpha value is -3.54. The second-order valence-corrected chi connectivity index (χ2v) is 6.24. The highest BCUT2D eigenvalue weighted by Crippen LogP contribution is 2.28. The summed E-state index contributed by atoms with van der Waals surface area (Å²) in [5, 5.41) is 13.6. The molecular weight excluding hydrogens is 342 g/mol. The van der Waals surface area contributed by atoms with Crippen LogP contribution in [0.4, 0.5) is 11.5 Å². The largest absolute Gasteiger partial charge is 0.311 e. The lowest BCUT2D eigenvalue weighted by Gasteiger charge is -2.17. The number of nitro groups is 1. The molecule has 2 aromatic carbocycles. The number of carbonyl (C=O) groups excluding carboxylic acids is 1. The van der Waals surface area contributed by atoms with E-state index in [9.17, 15) is 14.9 Å². The first-order valence-corrected chi connectivity index (χ1v) is 8.55. The molecule has 0 radical (unpaired) electrons. The molecule has 0 aliphatic heterocycles. The first-order valence-electron chi connectivity index (χ1n) is 8.55. The van der Waals surface area contributed by atoms with Crippen molar-refractivity contribution in [3.8, 4) is 0 Å². The molecular formula is C21H19N3O3. The molecule has 3 aromatic rings. The minimum Gasteiger partial charge on any atom is -0.311 e. The Kier molecular flexibility index (Phi) is 5.56. The fourth-order valence-corrected chi connectivity index (χ4v) is 2.99. The summed E-state index contributed by atoms with van der Waals surface area (Å²) in [6.45, 7) is 1.62. The molecule has 136 valence electrons. The number of anilines is 1. The zero-order chi connectivity index (χ0) is 19.2. The highest BCUT2D eigenvalue weighted by atomic mass is 16.6. The highest BCUT2D eigenvalue weighted by molar-refractivity contribution is 5.90. The van der Waals surface area contributed by atoms with Crippen molar-refractivity contribution in [1.82, 2.24) is 4.98 Å². The number of nitrogens with one attached hydrogen (secondary N) is 1. The van der Waals surface area contributed by atoms with E-state index in [1.807, 2.05) is 60.7 Å². The van der Waals surface area contributed by atoms with Crippen molar-refractivity contribution in [2.75, 3.05) is 5.32 Å². The van der Waals surface area contributed by atoms with Crippen LogP contribution in [-0.4, -0.2) is 15.8 Å². The third-order valence-electron chi connectivity index (χ3n) is 4.34. The van der Waals surface area contributed by atoms with E-state index in [2.05, 4.69) is 10.3 Å². The molecule has 0 atom stereocenters. The third kappa shape index (κ3) is 4.55. The Labute approximate surface area is 157 Å². The van der Waals surface area contributed by atoms with Crippen LogP contribution in [0.15, 0.2) is 72.9 Å². The Morgan fingerprint density at radius 2 is 1.63 bits per heavy atom. The molecule has 0 unspecified atom stereocenters. The Bertz CT molecular complexity index is 904. The van der Waals surface area contributed by atoms with Crippen LogP contribution in [0.25, 0.3) is 0 Å². The Morgan fingerprint density at radius 3 is 2.11 bits per heavy atom. The van der Waals surface area contributed by atoms with E-state index in [1.54, 1.807) is 6.92 Å². The van der Waals surface area contributed by atoms with Crippen LogP contribution in [-0.2, 0) is 4.79 Å². The number of aryl methyl sites for hydroxylation is 1. The van der Waals surface area contributed by atoms with Gasteiger partial charge in [-0.1, -0.05) is 60.7 Å². The van der Waals surface area contributed by atoms with Crippen molar-refractivity contribution in [1.29, 1.82) is 0 Å². The quantitative estimate of drug-likeness (QED) is 0.519. The second kappa shape index (κ2) is 8.23. The first kappa shape index (κ1) is 18.3. The van der Waals surface area contributed by atoms with Crippen LogP contribution in [0, 0.1) is 17.0 Å². The van der Waals surface area contributed by atoms with E-state index >= 15 is 0 Å². The number of benzene rings is 2. The number of nitrogens with zero attached hydrogens (tertiary/aromatic N) is 2. The minimum atomic E-state index is -0.491. The predicted molar refractivity (Wildman–Crippen MR) is 104 cm³/mol. The molecule has 0 saturated heterocycles. The molecule has 0 bridgehead atoms. The maximum Gasteiger partial charge on any atom is 0.290 e. The van der Waals surface area contributed by atoms with Gasteiger partial charge in [0.15, 0.2) is 0 Å². The molecule has 1 aromatic heterocycles. The van der Waals surface area contributed by atoms with Gasteiger partial charge in [-0.3, -0.25) is 14.9 Å². The number of pyridine rings is 1. The molecule has 6 nitrogen and oxygen atoms in total. The van der Waals surface area contributed by atoms with Gasteiger partial charge in [0.05, 0.1) is 4.92 Å². The minimum absolute atomic E-state index is 0.0700. The predicted octanol–water partition coefficient (Wildman–Crippen LogP) is 4.46. The summed E-state index contributed by atoms with van der Waals surface area (Å²) in [6, 6.07) is 21.2. The van der Waals surface area contributed by atoms with Crippen LogP contribution in [0.2, 0.25) is 0 Å². The van der Waals surface area contributed by atoms with Gasteiger partial charge in [-0.25, -0.2) is 4.98 Å². The van der Waals surface area contributed by atoms with Gasteiger partial charge in [-0.2, -0.15) is 0 Å². The smallest absolute Gasteiger partial charge is 0.290 e. The fourth-order valence-electron chi connectivity index (χ4n) is 2.99. The molecule has 1 heterocycles. The lowest BCUT2D eigenvalue weighted by molar-refractivity contribution is -0.385. The lowest BCUT2D eigenvalue weighted by Crippen LogP contribution is -2.17. The number of carbonyl (C=O) groups is 1. The van der Waals surface area contributed by atoms with Crippen LogP contribution in [0.3, 0.4) is 0 Å². The van der Waals surface area contributed by atoms with Gasteiger partial charge in [0.2, 0.25) is 5.91 Å². The second-order valence-electron chi connectivity index (χ2n) is 6.24. The average molecular weight is 361 g/mol. The van der Waals surface area contributed by atoms with E-state index in [-0.39, 0.29) is 23.9 Å². The molecule has 1 N–H and O–H groups in total. The molecule has 27 heavy (non-hydrogen) atoms. The van der Waals surface area contributed by atoms with Crippen molar-refractivity contribution in [2.45, 2.75) is 19.3 Å². The van der Waals surface area contributed by atoms with Gasteiger partial charge in [0, 0.05) is 17.9 Å². The summed E-state index contributed by atoms with van der Waals surface area (Å²) >= 11 is 0. The summed E-state index contributed by atoms with van der Waals surface area (Å²) in [4.78, 5) is 27.0. The molecule has 1 amide bonds. The van der Waals surface area contributed by atoms with Crippen LogP contribution in [0.1, 0.15) is 29.0 Å². The van der Waals surface area contributed by atoms with Gasteiger partial charge in [-0.15, -0.1) is 0 Å². The van der Waals surface area contributed by atoms with Crippen LogP contribution < -0.4 is 5.32 Å². The van der Waals surface area contributed by atoms with E-state index in [0.717, 1.165) is 17.3 Å². The van der Waals surface area contributed by atoms with Crippen molar-refractivity contribution in [3.05, 3.63) is 99.7 Å². The van der Waals surface area contributed by atoms with Crippen LogP contribution in [0.5, 0.6) is 0 Å². The van der Waals surface area contributed by atoms with Gasteiger partial charge >= 0.3 is 0 Å². The zero-order valence-corrected chi connectivity index (χ0v) is 14.8. The molecule has 3 rings (SSSR count). The summed E-state index contributed by atoms with van der Waals surface area (Å²) < 4.78 is 0. The summed E-state index contributed by atoms with van der Waals surface area (Å²) in [5.74, 6) is 0.0166. The number of aromatic nitrogens is 1. The molecule has 0 aliphatic rings. The maximum atomic E-state index is 12.6. The number of rotatable bonds is 6. The van der Waals surface area contributed by atoms with Crippen molar-refractivity contribution < 1.29 is 9.72 Å². The van der Waals surface area contributed by atoms with Gasteiger partial charge < -0.3 is 5.32 Å². The Balaban J connectivity index is 1.79. The number of hydrogen-bond donors (Lipinski definition) is 1. The zero-order valence-electron chi connectivity index (χ0n) is 14.8. The molecule has 0 spiro atoms. The van der Waals surface area contributed by atoms with Crippen molar-refractivity contribution >= 4 is 17.4 Å². The van der Waals surface area contributed by atoms with Gasteiger partial charge in [0.1, 0.15) is 12.0 Å². The van der Waals surface area contributed by atoms with E-state index in [1.165, 1.54) is 6.07 Å². The molecule has 0 saturated carbocycles.